The SMILES string of the molecule is C[C@@H]1CON(c2cccc(CO)n2)CCN1C(=O)c1ccccc1-n1nccn1. The Kier molecular flexibility index (Phi) is 5.50. The van der Waals surface area contributed by atoms with Gasteiger partial charge in [-0.05, 0) is 31.2 Å². The molecule has 0 radical (unpaired) electrons. The molecule has 0 unspecified atom stereocenters. The fourth-order valence-corrected chi connectivity index (χ4v) is 3.27. The van der Waals surface area contributed by atoms with Gasteiger partial charge in [-0.15, -0.1) is 0 Å². The Morgan fingerprint density at radius 3 is 2.72 bits per heavy atom. The Morgan fingerprint density at radius 1 is 1.14 bits per heavy atom. The topological polar surface area (TPSA) is 96.6 Å². The number of para-hydroxylation sites is 1. The lowest BCUT2D eigenvalue weighted by molar-refractivity contribution is 0.0599. The van der Waals surface area contributed by atoms with Crippen LogP contribution in [0.2, 0.25) is 0 Å². The predicted octanol–water partition coefficient (Wildman–Crippen LogP) is 1.44. The highest BCUT2D eigenvalue weighted by Gasteiger charge is 2.28. The first-order valence-corrected chi connectivity index (χ1v) is 9.41. The zero-order valence-electron chi connectivity index (χ0n) is 16.0. The van der Waals surface area contributed by atoms with Crippen LogP contribution in [0.5, 0.6) is 0 Å². The van der Waals surface area contributed by atoms with Crippen molar-refractivity contribution in [1.82, 2.24) is 24.9 Å². The number of pyridine rings is 1. The van der Waals surface area contributed by atoms with Crippen LogP contribution in [0, 0.1) is 0 Å². The van der Waals surface area contributed by atoms with E-state index in [9.17, 15) is 9.90 Å². The van der Waals surface area contributed by atoms with Crippen LogP contribution in [0.25, 0.3) is 5.69 Å². The van der Waals surface area contributed by atoms with Crippen molar-refractivity contribution in [3.05, 3.63) is 66.1 Å². The lowest BCUT2D eigenvalue weighted by Gasteiger charge is -2.26. The zero-order valence-corrected chi connectivity index (χ0v) is 16.0. The quantitative estimate of drug-likeness (QED) is 0.715. The molecule has 0 aliphatic carbocycles. The second-order valence-corrected chi connectivity index (χ2v) is 6.73. The van der Waals surface area contributed by atoms with Crippen molar-refractivity contribution < 1.29 is 14.7 Å². The molecule has 1 saturated heterocycles. The van der Waals surface area contributed by atoms with Crippen LogP contribution in [0.4, 0.5) is 5.82 Å². The summed E-state index contributed by atoms with van der Waals surface area (Å²) >= 11 is 0. The summed E-state index contributed by atoms with van der Waals surface area (Å²) in [7, 11) is 0. The molecule has 150 valence electrons. The van der Waals surface area contributed by atoms with Crippen molar-refractivity contribution in [3.63, 3.8) is 0 Å². The number of rotatable bonds is 4. The van der Waals surface area contributed by atoms with Crippen LogP contribution in [-0.4, -0.2) is 61.6 Å². The minimum absolute atomic E-state index is 0.104. The Labute approximate surface area is 168 Å². The van der Waals surface area contributed by atoms with Gasteiger partial charge in [0.15, 0.2) is 5.82 Å². The fraction of sp³-hybridized carbons (Fsp3) is 0.300. The van der Waals surface area contributed by atoms with Crippen molar-refractivity contribution in [2.24, 2.45) is 0 Å². The van der Waals surface area contributed by atoms with E-state index in [1.54, 1.807) is 34.5 Å². The monoisotopic (exact) mass is 394 g/mol. The summed E-state index contributed by atoms with van der Waals surface area (Å²) in [4.78, 5) is 26.9. The van der Waals surface area contributed by atoms with E-state index in [4.69, 9.17) is 4.84 Å². The molecule has 9 heteroatoms. The van der Waals surface area contributed by atoms with E-state index in [0.29, 0.717) is 42.5 Å². The Bertz CT molecular complexity index is 978. The molecule has 1 aromatic carbocycles. The minimum atomic E-state index is -0.138. The van der Waals surface area contributed by atoms with Crippen LogP contribution in [0.15, 0.2) is 54.9 Å². The van der Waals surface area contributed by atoms with Crippen LogP contribution < -0.4 is 5.06 Å². The number of aromatic nitrogens is 4. The van der Waals surface area contributed by atoms with Gasteiger partial charge in [-0.3, -0.25) is 9.63 Å². The first kappa shape index (κ1) is 19.0. The first-order valence-electron chi connectivity index (χ1n) is 9.41. The Hall–Kier alpha value is -3.30. The number of hydrogen-bond acceptors (Lipinski definition) is 7. The molecule has 2 aromatic heterocycles. The molecular formula is C20H22N6O3. The number of aliphatic hydroxyl groups excluding tert-OH is 1. The predicted molar refractivity (Wildman–Crippen MR) is 105 cm³/mol. The van der Waals surface area contributed by atoms with Gasteiger partial charge in [0.25, 0.3) is 5.91 Å². The number of amides is 1. The first-order chi connectivity index (χ1) is 14.2. The summed E-state index contributed by atoms with van der Waals surface area (Å²) in [5, 5.41) is 19.3. The maximum atomic E-state index is 13.4. The van der Waals surface area contributed by atoms with Crippen molar-refractivity contribution in [2.45, 2.75) is 19.6 Å². The van der Waals surface area contributed by atoms with E-state index < -0.39 is 0 Å². The highest BCUT2D eigenvalue weighted by atomic mass is 16.7. The number of carbonyl (C=O) groups excluding carboxylic acids is 1. The van der Waals surface area contributed by atoms with Crippen LogP contribution in [-0.2, 0) is 11.4 Å². The molecule has 1 amide bonds. The Balaban J connectivity index is 1.56. The molecule has 29 heavy (non-hydrogen) atoms. The molecule has 0 bridgehead atoms. The number of hydrogen-bond donors (Lipinski definition) is 1. The van der Waals surface area contributed by atoms with Crippen molar-refractivity contribution in [3.8, 4) is 5.69 Å². The van der Waals surface area contributed by atoms with E-state index in [2.05, 4.69) is 15.2 Å². The zero-order chi connectivity index (χ0) is 20.2. The highest BCUT2D eigenvalue weighted by Crippen LogP contribution is 2.20. The fourth-order valence-electron chi connectivity index (χ4n) is 3.27. The third-order valence-corrected chi connectivity index (χ3v) is 4.79. The van der Waals surface area contributed by atoms with Crippen LogP contribution in [0.1, 0.15) is 23.0 Å². The largest absolute Gasteiger partial charge is 0.390 e. The number of hydroxylamine groups is 1. The molecule has 0 saturated carbocycles. The Morgan fingerprint density at radius 2 is 1.93 bits per heavy atom. The number of anilines is 1. The summed E-state index contributed by atoms with van der Waals surface area (Å²) in [6.45, 7) is 3.07. The molecule has 1 fully saturated rings. The highest BCUT2D eigenvalue weighted by molar-refractivity contribution is 5.98. The summed E-state index contributed by atoms with van der Waals surface area (Å²) in [5.41, 5.74) is 1.73. The van der Waals surface area contributed by atoms with Gasteiger partial charge in [0.1, 0.15) is 0 Å². The third-order valence-electron chi connectivity index (χ3n) is 4.79. The van der Waals surface area contributed by atoms with E-state index in [1.807, 2.05) is 37.3 Å². The van der Waals surface area contributed by atoms with E-state index in [1.165, 1.54) is 4.80 Å². The normalized spacial score (nSPS) is 17.2. The lowest BCUT2D eigenvalue weighted by atomic mass is 10.1. The summed E-state index contributed by atoms with van der Waals surface area (Å²) in [5.74, 6) is 0.507. The molecular weight excluding hydrogens is 372 g/mol. The molecule has 3 aromatic rings. The molecule has 3 heterocycles. The molecule has 1 aliphatic heterocycles. The van der Waals surface area contributed by atoms with Crippen LogP contribution in [0.3, 0.4) is 0 Å². The number of nitrogens with zero attached hydrogens (tertiary/aromatic N) is 6. The van der Waals surface area contributed by atoms with Gasteiger partial charge in [0.2, 0.25) is 0 Å². The molecule has 9 nitrogen and oxygen atoms in total. The summed E-state index contributed by atoms with van der Waals surface area (Å²) in [6, 6.07) is 12.5. The minimum Gasteiger partial charge on any atom is -0.390 e. The van der Waals surface area contributed by atoms with E-state index in [0.717, 1.165) is 0 Å². The average molecular weight is 394 g/mol. The maximum Gasteiger partial charge on any atom is 0.256 e. The van der Waals surface area contributed by atoms with Crippen molar-refractivity contribution in [2.75, 3.05) is 24.8 Å². The molecule has 4 rings (SSSR count). The van der Waals surface area contributed by atoms with Crippen LogP contribution >= 0.6 is 0 Å². The van der Waals surface area contributed by atoms with Gasteiger partial charge in [-0.25, -0.2) is 10.0 Å². The number of aliphatic hydroxyl groups is 1. The number of benzene rings is 1. The van der Waals surface area contributed by atoms with E-state index in [-0.39, 0.29) is 18.6 Å². The van der Waals surface area contributed by atoms with Gasteiger partial charge in [-0.1, -0.05) is 18.2 Å². The third kappa shape index (κ3) is 3.96. The lowest BCUT2D eigenvalue weighted by Crippen LogP contribution is -2.41. The number of carbonyl (C=O) groups is 1. The second kappa shape index (κ2) is 8.38. The summed E-state index contributed by atoms with van der Waals surface area (Å²) < 4.78 is 0. The van der Waals surface area contributed by atoms with E-state index >= 15 is 0 Å². The second-order valence-electron chi connectivity index (χ2n) is 6.73. The van der Waals surface area contributed by atoms with Crippen molar-refractivity contribution in [1.29, 1.82) is 0 Å². The van der Waals surface area contributed by atoms with Gasteiger partial charge < -0.3 is 10.0 Å². The van der Waals surface area contributed by atoms with Gasteiger partial charge in [0, 0.05) is 6.54 Å². The summed E-state index contributed by atoms with van der Waals surface area (Å²) in [6.07, 6.45) is 3.16. The smallest absolute Gasteiger partial charge is 0.256 e. The van der Waals surface area contributed by atoms with Gasteiger partial charge in [0.05, 0.1) is 55.1 Å². The average Bonchev–Trinajstić information content (AvgIpc) is 3.23. The molecule has 1 atom stereocenters. The molecule has 1 N–H and O–H groups in total. The maximum absolute atomic E-state index is 13.4. The van der Waals surface area contributed by atoms with Gasteiger partial charge in [-0.2, -0.15) is 15.0 Å². The standard InChI is InChI=1S/C20H22N6O3/c1-15-14-29-25(19-8-4-5-16(13-27)23-19)12-11-24(15)20(28)17-6-2-3-7-18(17)26-21-9-10-22-26/h2-10,15,27H,11-14H2,1H3/t15-/m1/s1. The molecule has 0 spiro atoms. The van der Waals surface area contributed by atoms with Crippen molar-refractivity contribution >= 4 is 11.7 Å². The molecule has 1 aliphatic rings. The van der Waals surface area contributed by atoms with Gasteiger partial charge >= 0.3 is 0 Å².